The zero-order valence-corrected chi connectivity index (χ0v) is 13.5. The van der Waals surface area contributed by atoms with E-state index in [1.807, 2.05) is 0 Å². The Hall–Kier alpha value is 0.250. The first kappa shape index (κ1) is 15.2. The van der Waals surface area contributed by atoms with Gasteiger partial charge >= 0.3 is 0 Å². The monoisotopic (exact) mass is 319 g/mol. The van der Waals surface area contributed by atoms with Crippen LogP contribution < -0.4 is 5.32 Å². The second kappa shape index (κ2) is 5.80. The number of nitrogens with one attached hydrogen (secondary N) is 1. The fourth-order valence-electron chi connectivity index (χ4n) is 5.29. The molecule has 6 heteroatoms. The van der Waals surface area contributed by atoms with Gasteiger partial charge in [0, 0.05) is 17.7 Å². The van der Waals surface area contributed by atoms with Crippen molar-refractivity contribution in [2.45, 2.75) is 44.9 Å². The molecule has 116 valence electrons. The van der Waals surface area contributed by atoms with Crippen molar-refractivity contribution in [2.24, 2.45) is 23.2 Å². The van der Waals surface area contributed by atoms with Gasteiger partial charge in [0.25, 0.3) is 9.05 Å². The Labute approximate surface area is 126 Å². The van der Waals surface area contributed by atoms with Crippen molar-refractivity contribution in [3.8, 4) is 0 Å². The molecule has 0 spiro atoms. The first-order chi connectivity index (χ1) is 9.44. The van der Waals surface area contributed by atoms with E-state index < -0.39 is 9.05 Å². The topological polar surface area (TPSA) is 58.6 Å². The SMILES string of the molecule is O=S(O)(=S)OCCNCCC12CC3CC(CC(C3)C1)C2. The third kappa shape index (κ3) is 3.71. The van der Waals surface area contributed by atoms with Gasteiger partial charge in [0.05, 0.1) is 6.61 Å². The highest BCUT2D eigenvalue weighted by molar-refractivity contribution is 8.27. The van der Waals surface area contributed by atoms with Crippen LogP contribution >= 0.6 is 0 Å². The van der Waals surface area contributed by atoms with E-state index in [2.05, 4.69) is 20.7 Å². The van der Waals surface area contributed by atoms with Crippen LogP contribution in [0.1, 0.15) is 44.9 Å². The van der Waals surface area contributed by atoms with Gasteiger partial charge in [0.15, 0.2) is 0 Å². The maximum atomic E-state index is 10.8. The van der Waals surface area contributed by atoms with Crippen LogP contribution in [0, 0.1) is 23.2 Å². The van der Waals surface area contributed by atoms with E-state index in [9.17, 15) is 4.21 Å². The summed E-state index contributed by atoms with van der Waals surface area (Å²) >= 11 is 4.27. The molecule has 0 heterocycles. The summed E-state index contributed by atoms with van der Waals surface area (Å²) in [5.41, 5.74) is 0.602. The Morgan fingerprint density at radius 2 is 1.70 bits per heavy atom. The summed E-state index contributed by atoms with van der Waals surface area (Å²) in [6.45, 7) is 1.79. The van der Waals surface area contributed by atoms with Crippen LogP contribution in [0.3, 0.4) is 0 Å². The molecule has 4 nitrogen and oxygen atoms in total. The molecule has 0 aromatic carbocycles. The Morgan fingerprint density at radius 3 is 2.20 bits per heavy atom. The van der Waals surface area contributed by atoms with E-state index in [1.54, 1.807) is 0 Å². The summed E-state index contributed by atoms with van der Waals surface area (Å²) < 4.78 is 24.3. The average molecular weight is 319 g/mol. The van der Waals surface area contributed by atoms with E-state index in [1.165, 1.54) is 44.9 Å². The lowest BCUT2D eigenvalue weighted by molar-refractivity contribution is -0.0567. The van der Waals surface area contributed by atoms with Crippen LogP contribution in [0.2, 0.25) is 0 Å². The van der Waals surface area contributed by atoms with Gasteiger partial charge in [-0.05, 0) is 74.7 Å². The maximum Gasteiger partial charge on any atom is 0.266 e. The van der Waals surface area contributed by atoms with Crippen LogP contribution in [0.15, 0.2) is 0 Å². The van der Waals surface area contributed by atoms with Crippen LogP contribution in [0.5, 0.6) is 0 Å². The third-order valence-corrected chi connectivity index (χ3v) is 6.26. The zero-order chi connectivity index (χ0) is 14.2. The van der Waals surface area contributed by atoms with Crippen molar-refractivity contribution in [3.63, 3.8) is 0 Å². The summed E-state index contributed by atoms with van der Waals surface area (Å²) in [5, 5.41) is 3.32. The molecule has 0 aromatic rings. The number of hydrogen-bond donors (Lipinski definition) is 2. The Bertz CT molecular complexity index is 414. The minimum absolute atomic E-state index is 0.208. The van der Waals surface area contributed by atoms with Gasteiger partial charge in [0.2, 0.25) is 0 Å². The first-order valence-corrected chi connectivity index (χ1v) is 10.1. The molecule has 1 atom stereocenters. The van der Waals surface area contributed by atoms with Gasteiger partial charge in [-0.15, -0.1) is 0 Å². The molecule has 4 bridgehead atoms. The largest absolute Gasteiger partial charge is 0.314 e. The highest BCUT2D eigenvalue weighted by atomic mass is 32.9. The third-order valence-electron chi connectivity index (χ3n) is 5.51. The van der Waals surface area contributed by atoms with Crippen molar-refractivity contribution >= 4 is 20.2 Å². The molecule has 4 aliphatic rings. The van der Waals surface area contributed by atoms with Crippen LogP contribution in [0.4, 0.5) is 0 Å². The molecule has 0 saturated heterocycles. The summed E-state index contributed by atoms with van der Waals surface area (Å²) in [4.78, 5) is 0. The molecule has 1 unspecified atom stereocenters. The molecule has 4 rings (SSSR count). The summed E-state index contributed by atoms with van der Waals surface area (Å²) in [7, 11) is -3.45. The summed E-state index contributed by atoms with van der Waals surface area (Å²) in [6.07, 6.45) is 10.0. The van der Waals surface area contributed by atoms with Crippen molar-refractivity contribution in [3.05, 3.63) is 0 Å². The average Bonchev–Trinajstić information content (AvgIpc) is 2.30. The van der Waals surface area contributed by atoms with E-state index in [4.69, 9.17) is 4.55 Å². The van der Waals surface area contributed by atoms with Crippen molar-refractivity contribution in [1.82, 2.24) is 5.32 Å². The van der Waals surface area contributed by atoms with E-state index in [0.29, 0.717) is 12.0 Å². The maximum absolute atomic E-state index is 10.8. The summed E-state index contributed by atoms with van der Waals surface area (Å²) in [5.74, 6) is 3.01. The second-order valence-corrected chi connectivity index (χ2v) is 9.52. The van der Waals surface area contributed by atoms with Crippen molar-refractivity contribution < 1.29 is 12.9 Å². The highest BCUT2D eigenvalue weighted by Crippen LogP contribution is 2.61. The molecule has 20 heavy (non-hydrogen) atoms. The highest BCUT2D eigenvalue weighted by Gasteiger charge is 2.50. The van der Waals surface area contributed by atoms with Crippen molar-refractivity contribution in [1.29, 1.82) is 0 Å². The molecule has 2 N–H and O–H groups in total. The minimum atomic E-state index is -3.45. The molecule has 4 fully saturated rings. The molecular weight excluding hydrogens is 294 g/mol. The number of hydrogen-bond acceptors (Lipinski definition) is 4. The van der Waals surface area contributed by atoms with Gasteiger partial charge in [-0.25, -0.2) is 0 Å². The normalized spacial score (nSPS) is 41.8. The molecule has 0 aromatic heterocycles. The quantitative estimate of drug-likeness (QED) is 0.705. The zero-order valence-electron chi connectivity index (χ0n) is 11.9. The van der Waals surface area contributed by atoms with E-state index >= 15 is 0 Å². The molecule has 0 radical (unpaired) electrons. The van der Waals surface area contributed by atoms with Gasteiger partial charge in [-0.1, -0.05) is 0 Å². The predicted octanol–water partition coefficient (Wildman–Crippen LogP) is 2.33. The fourth-order valence-corrected chi connectivity index (χ4v) is 5.79. The van der Waals surface area contributed by atoms with Gasteiger partial charge in [0.1, 0.15) is 0 Å². The molecule has 0 aliphatic heterocycles. The Kier molecular flexibility index (Phi) is 4.40. The van der Waals surface area contributed by atoms with Gasteiger partial charge in [-0.2, -0.15) is 4.21 Å². The standard InChI is InChI=1S/C14H25NO3S2/c16-20(17,19)18-4-3-15-2-1-14-8-11-5-12(9-14)7-13(6-11)10-14/h11-13,15H,1-10H2,(H,16,17,19). The lowest BCUT2D eigenvalue weighted by Crippen LogP contribution is -2.47. The summed E-state index contributed by atoms with van der Waals surface area (Å²) in [6, 6.07) is 0. The fraction of sp³-hybridized carbons (Fsp3) is 1.00. The van der Waals surface area contributed by atoms with Crippen LogP contribution in [-0.2, 0) is 24.4 Å². The van der Waals surface area contributed by atoms with Gasteiger partial charge in [-0.3, -0.25) is 8.74 Å². The Morgan fingerprint density at radius 1 is 1.15 bits per heavy atom. The molecule has 0 amide bonds. The predicted molar refractivity (Wildman–Crippen MR) is 82.2 cm³/mol. The lowest BCUT2D eigenvalue weighted by Gasteiger charge is -2.57. The first-order valence-electron chi connectivity index (χ1n) is 7.77. The lowest BCUT2D eigenvalue weighted by atomic mass is 9.49. The Balaban J connectivity index is 1.38. The van der Waals surface area contributed by atoms with E-state index in [0.717, 1.165) is 24.3 Å². The van der Waals surface area contributed by atoms with Gasteiger partial charge < -0.3 is 5.32 Å². The molecule has 4 aliphatic carbocycles. The minimum Gasteiger partial charge on any atom is -0.314 e. The second-order valence-electron chi connectivity index (χ2n) is 7.17. The van der Waals surface area contributed by atoms with Crippen LogP contribution in [0.25, 0.3) is 0 Å². The number of rotatable bonds is 7. The molecular formula is C14H25NO3S2. The van der Waals surface area contributed by atoms with Crippen molar-refractivity contribution in [2.75, 3.05) is 19.7 Å². The van der Waals surface area contributed by atoms with E-state index in [-0.39, 0.29) is 6.61 Å². The molecule has 4 saturated carbocycles. The van der Waals surface area contributed by atoms with Crippen LogP contribution in [-0.4, -0.2) is 28.5 Å². The smallest absolute Gasteiger partial charge is 0.266 e.